The first kappa shape index (κ1) is 12.4. The van der Waals surface area contributed by atoms with Gasteiger partial charge in [0.15, 0.2) is 0 Å². The Morgan fingerprint density at radius 3 is 3.00 bits per heavy atom. The van der Waals surface area contributed by atoms with E-state index in [9.17, 15) is 5.11 Å². The smallest absolute Gasteiger partial charge is 0.119 e. The number of piperidine rings is 1. The van der Waals surface area contributed by atoms with Crippen LogP contribution in [0.5, 0.6) is 0 Å². The van der Waals surface area contributed by atoms with Crippen molar-refractivity contribution in [2.75, 3.05) is 13.6 Å². The number of hydrogen-bond acceptors (Lipinski definition) is 2. The Labute approximate surface area is 119 Å². The van der Waals surface area contributed by atoms with Crippen LogP contribution in [0.25, 0.3) is 10.9 Å². The van der Waals surface area contributed by atoms with Crippen molar-refractivity contribution in [2.45, 2.75) is 38.5 Å². The molecule has 0 unspecified atom stereocenters. The van der Waals surface area contributed by atoms with Crippen LogP contribution in [0.1, 0.15) is 30.4 Å². The number of aromatic nitrogens is 1. The third-order valence-electron chi connectivity index (χ3n) is 5.28. The molecule has 20 heavy (non-hydrogen) atoms. The van der Waals surface area contributed by atoms with E-state index >= 15 is 0 Å². The highest BCUT2D eigenvalue weighted by molar-refractivity contribution is 5.89. The Bertz CT molecular complexity index is 660. The predicted molar refractivity (Wildman–Crippen MR) is 80.8 cm³/mol. The number of fused-ring (bicyclic) bond motifs is 2. The van der Waals surface area contributed by atoms with Crippen molar-refractivity contribution in [3.8, 4) is 0 Å². The van der Waals surface area contributed by atoms with Crippen molar-refractivity contribution >= 4 is 10.9 Å². The molecule has 1 N–H and O–H groups in total. The lowest BCUT2D eigenvalue weighted by Crippen LogP contribution is -2.47. The molecule has 2 aromatic rings. The average Bonchev–Trinajstić information content (AvgIpc) is 2.80. The highest BCUT2D eigenvalue weighted by Crippen LogP contribution is 2.44. The molecule has 1 saturated heterocycles. The fourth-order valence-electron chi connectivity index (χ4n) is 4.51. The molecular weight excluding hydrogens is 248 g/mol. The van der Waals surface area contributed by atoms with Crippen molar-refractivity contribution in [3.05, 3.63) is 35.5 Å². The normalized spacial score (nSPS) is 29.6. The first-order chi connectivity index (χ1) is 9.69. The number of aliphatic hydroxyl groups excluding tert-OH is 1. The van der Waals surface area contributed by atoms with Gasteiger partial charge in [0.1, 0.15) is 6.73 Å². The van der Waals surface area contributed by atoms with Gasteiger partial charge in [0, 0.05) is 30.1 Å². The number of hydrogen-bond donors (Lipinski definition) is 1. The molecule has 1 aliphatic heterocycles. The van der Waals surface area contributed by atoms with Gasteiger partial charge in [-0.3, -0.25) is 0 Å². The van der Waals surface area contributed by atoms with E-state index in [0.29, 0.717) is 12.0 Å². The predicted octanol–water partition coefficient (Wildman–Crippen LogP) is 2.57. The van der Waals surface area contributed by atoms with Crippen LogP contribution in [0.15, 0.2) is 24.4 Å². The minimum absolute atomic E-state index is 0.0710. The maximum atomic E-state index is 9.56. The maximum Gasteiger partial charge on any atom is 0.119 e. The molecule has 0 saturated carbocycles. The van der Waals surface area contributed by atoms with E-state index in [1.807, 2.05) is 4.57 Å². The van der Waals surface area contributed by atoms with Crippen LogP contribution in [0.4, 0.5) is 0 Å². The second-order valence-corrected chi connectivity index (χ2v) is 6.67. The third-order valence-corrected chi connectivity index (χ3v) is 5.28. The Balaban J connectivity index is 1.93. The van der Waals surface area contributed by atoms with Crippen molar-refractivity contribution in [1.82, 2.24) is 9.47 Å². The van der Waals surface area contributed by atoms with E-state index < -0.39 is 0 Å². The first-order valence-electron chi connectivity index (χ1n) is 7.60. The van der Waals surface area contributed by atoms with Crippen LogP contribution in [0.3, 0.4) is 0 Å². The topological polar surface area (TPSA) is 28.4 Å². The highest BCUT2D eigenvalue weighted by atomic mass is 16.3. The lowest BCUT2D eigenvalue weighted by atomic mass is 9.73. The number of benzene rings is 1. The van der Waals surface area contributed by atoms with Gasteiger partial charge in [-0.05, 0) is 43.0 Å². The highest BCUT2D eigenvalue weighted by Gasteiger charge is 2.38. The SMILES string of the molecule is C[C@@H]1C[C@H]2c3cccc4c3c(cn4CO)C[C@@H]2N(C)C1. The van der Waals surface area contributed by atoms with Gasteiger partial charge < -0.3 is 14.6 Å². The molecule has 1 aromatic carbocycles. The standard InChI is InChI=1S/C17H22N2O/c1-11-6-14-13-4-3-5-15-17(13)12(9-19(15)10-20)7-16(14)18(2)8-11/h3-5,9,11,14,16,20H,6-8,10H2,1-2H3/t11-,14+,16+/m1/s1. The van der Waals surface area contributed by atoms with Crippen LogP contribution < -0.4 is 0 Å². The van der Waals surface area contributed by atoms with Gasteiger partial charge in [-0.1, -0.05) is 19.1 Å². The van der Waals surface area contributed by atoms with Crippen LogP contribution >= 0.6 is 0 Å². The second kappa shape index (κ2) is 4.34. The Morgan fingerprint density at radius 1 is 1.35 bits per heavy atom. The van der Waals surface area contributed by atoms with Gasteiger partial charge in [0.05, 0.1) is 5.52 Å². The second-order valence-electron chi connectivity index (χ2n) is 6.67. The molecule has 106 valence electrons. The monoisotopic (exact) mass is 270 g/mol. The quantitative estimate of drug-likeness (QED) is 0.862. The summed E-state index contributed by atoms with van der Waals surface area (Å²) in [6, 6.07) is 7.21. The van der Waals surface area contributed by atoms with Gasteiger partial charge in [-0.15, -0.1) is 0 Å². The van der Waals surface area contributed by atoms with Crippen LogP contribution in [0, 0.1) is 5.92 Å². The summed E-state index contributed by atoms with van der Waals surface area (Å²) >= 11 is 0. The molecule has 2 aliphatic rings. The molecule has 0 bridgehead atoms. The Morgan fingerprint density at radius 2 is 2.20 bits per heavy atom. The molecule has 3 atom stereocenters. The molecule has 0 amide bonds. The van der Waals surface area contributed by atoms with Crippen molar-refractivity contribution in [3.63, 3.8) is 0 Å². The lowest BCUT2D eigenvalue weighted by molar-refractivity contribution is 0.119. The molecule has 0 spiro atoms. The van der Waals surface area contributed by atoms with Crippen LogP contribution in [-0.2, 0) is 13.2 Å². The number of nitrogens with zero attached hydrogens (tertiary/aromatic N) is 2. The van der Waals surface area contributed by atoms with E-state index in [-0.39, 0.29) is 6.73 Å². The zero-order valence-electron chi connectivity index (χ0n) is 12.2. The average molecular weight is 270 g/mol. The Kier molecular flexibility index (Phi) is 2.69. The van der Waals surface area contributed by atoms with E-state index in [1.54, 1.807) is 0 Å². The minimum atomic E-state index is 0.0710. The number of rotatable bonds is 1. The maximum absolute atomic E-state index is 9.56. The first-order valence-corrected chi connectivity index (χ1v) is 7.60. The molecule has 1 aliphatic carbocycles. The van der Waals surface area contributed by atoms with E-state index in [4.69, 9.17) is 0 Å². The van der Waals surface area contributed by atoms with Crippen molar-refractivity contribution in [1.29, 1.82) is 0 Å². The molecule has 0 radical (unpaired) electrons. The zero-order chi connectivity index (χ0) is 13.9. The summed E-state index contributed by atoms with van der Waals surface area (Å²) in [5.41, 5.74) is 4.10. The van der Waals surface area contributed by atoms with E-state index in [2.05, 4.69) is 43.3 Å². The lowest BCUT2D eigenvalue weighted by Gasteiger charge is -2.44. The Hall–Kier alpha value is -1.32. The molecular formula is C17H22N2O. The number of likely N-dealkylation sites (N-methyl/N-ethyl adjacent to an activating group) is 1. The zero-order valence-corrected chi connectivity index (χ0v) is 12.2. The molecule has 3 nitrogen and oxygen atoms in total. The van der Waals surface area contributed by atoms with E-state index in [1.165, 1.54) is 35.0 Å². The molecule has 1 aromatic heterocycles. The molecule has 4 rings (SSSR count). The fraction of sp³-hybridized carbons (Fsp3) is 0.529. The summed E-state index contributed by atoms with van der Waals surface area (Å²) in [6.45, 7) is 3.63. The summed E-state index contributed by atoms with van der Waals surface area (Å²) < 4.78 is 1.98. The summed E-state index contributed by atoms with van der Waals surface area (Å²) in [7, 11) is 2.27. The van der Waals surface area contributed by atoms with Gasteiger partial charge in [-0.25, -0.2) is 0 Å². The fourth-order valence-corrected chi connectivity index (χ4v) is 4.51. The number of likely N-dealkylation sites (tertiary alicyclic amines) is 1. The van der Waals surface area contributed by atoms with Gasteiger partial charge in [0.2, 0.25) is 0 Å². The van der Waals surface area contributed by atoms with Gasteiger partial charge in [0.25, 0.3) is 0 Å². The van der Waals surface area contributed by atoms with Crippen LogP contribution in [0.2, 0.25) is 0 Å². The molecule has 1 fully saturated rings. The molecule has 3 heteroatoms. The molecule has 2 heterocycles. The van der Waals surface area contributed by atoms with Crippen molar-refractivity contribution < 1.29 is 5.11 Å². The summed E-state index contributed by atoms with van der Waals surface area (Å²) in [6.07, 6.45) is 4.56. The summed E-state index contributed by atoms with van der Waals surface area (Å²) in [5.74, 6) is 1.41. The largest absolute Gasteiger partial charge is 0.376 e. The third kappa shape index (κ3) is 1.60. The number of aliphatic hydroxyl groups is 1. The van der Waals surface area contributed by atoms with Gasteiger partial charge in [-0.2, -0.15) is 0 Å². The summed E-state index contributed by atoms with van der Waals surface area (Å²) in [5, 5.41) is 11.0. The van der Waals surface area contributed by atoms with E-state index in [0.717, 1.165) is 12.3 Å². The van der Waals surface area contributed by atoms with Crippen molar-refractivity contribution in [2.24, 2.45) is 5.92 Å². The van der Waals surface area contributed by atoms with Crippen LogP contribution in [-0.4, -0.2) is 34.2 Å². The summed E-state index contributed by atoms with van der Waals surface area (Å²) in [4.78, 5) is 2.54. The minimum Gasteiger partial charge on any atom is -0.376 e. The van der Waals surface area contributed by atoms with Gasteiger partial charge >= 0.3 is 0 Å².